The number of aromatic nitrogens is 1. The van der Waals surface area contributed by atoms with Crippen LogP contribution in [0, 0.1) is 0 Å². The number of nitrogens with zero attached hydrogens (tertiary/aromatic N) is 1. The van der Waals surface area contributed by atoms with Gasteiger partial charge in [-0.05, 0) is 50.0 Å². The number of amides is 1. The van der Waals surface area contributed by atoms with Gasteiger partial charge in [-0.15, -0.1) is 0 Å². The molecule has 1 aromatic carbocycles. The molecule has 1 aliphatic rings. The van der Waals surface area contributed by atoms with Crippen molar-refractivity contribution in [2.24, 2.45) is 0 Å². The van der Waals surface area contributed by atoms with E-state index in [1.807, 2.05) is 63.2 Å². The number of carbonyl (C=O) groups is 2. The van der Waals surface area contributed by atoms with Gasteiger partial charge in [0.25, 0.3) is 0 Å². The van der Waals surface area contributed by atoms with Crippen molar-refractivity contribution in [2.75, 3.05) is 11.9 Å². The first kappa shape index (κ1) is 21.5. The fourth-order valence-electron chi connectivity index (χ4n) is 3.02. The van der Waals surface area contributed by atoms with Crippen molar-refractivity contribution >= 4 is 23.3 Å². The summed E-state index contributed by atoms with van der Waals surface area (Å²) in [5, 5.41) is 5.86. The van der Waals surface area contributed by atoms with Crippen molar-refractivity contribution in [2.45, 2.75) is 45.4 Å². The minimum absolute atomic E-state index is 0.189. The molecule has 1 aromatic heterocycles. The zero-order valence-electron chi connectivity index (χ0n) is 17.5. The minimum atomic E-state index is -0.552. The lowest BCUT2D eigenvalue weighted by Crippen LogP contribution is -2.42. The van der Waals surface area contributed by atoms with Gasteiger partial charge in [-0.25, -0.2) is 9.59 Å². The molecule has 0 saturated heterocycles. The first-order valence-corrected chi connectivity index (χ1v) is 9.90. The number of hydrogen-bond acceptors (Lipinski definition) is 6. The van der Waals surface area contributed by atoms with Crippen molar-refractivity contribution < 1.29 is 19.1 Å². The Kier molecular flexibility index (Phi) is 6.84. The van der Waals surface area contributed by atoms with Gasteiger partial charge in [0.1, 0.15) is 18.2 Å². The van der Waals surface area contributed by atoms with E-state index in [9.17, 15) is 9.59 Å². The van der Waals surface area contributed by atoms with Gasteiger partial charge in [0.15, 0.2) is 0 Å². The summed E-state index contributed by atoms with van der Waals surface area (Å²) in [6, 6.07) is 10.8. The molecule has 0 bridgehead atoms. The molecule has 0 unspecified atom stereocenters. The van der Waals surface area contributed by atoms with E-state index in [-0.39, 0.29) is 12.6 Å². The molecule has 1 amide bonds. The Morgan fingerprint density at radius 3 is 2.70 bits per heavy atom. The van der Waals surface area contributed by atoms with Crippen molar-refractivity contribution in [1.82, 2.24) is 10.3 Å². The van der Waals surface area contributed by atoms with E-state index in [0.717, 1.165) is 23.1 Å². The van der Waals surface area contributed by atoms with Crippen LogP contribution in [0.25, 0.3) is 5.57 Å². The zero-order chi connectivity index (χ0) is 21.6. The van der Waals surface area contributed by atoms with Gasteiger partial charge in [0.05, 0.1) is 11.9 Å². The summed E-state index contributed by atoms with van der Waals surface area (Å²) in [6.07, 6.45) is 5.31. The summed E-state index contributed by atoms with van der Waals surface area (Å²) < 4.78 is 10.7. The highest BCUT2D eigenvalue weighted by atomic mass is 16.6. The van der Waals surface area contributed by atoms with Crippen LogP contribution in [-0.2, 0) is 20.9 Å². The molecule has 7 heteroatoms. The number of nitrogens with one attached hydrogen (secondary N) is 2. The molecule has 1 aliphatic heterocycles. The van der Waals surface area contributed by atoms with Crippen molar-refractivity contribution in [3.8, 4) is 0 Å². The van der Waals surface area contributed by atoms with E-state index in [0.29, 0.717) is 12.2 Å². The van der Waals surface area contributed by atoms with Crippen molar-refractivity contribution in [3.05, 3.63) is 66.0 Å². The summed E-state index contributed by atoms with van der Waals surface area (Å²) in [6.45, 7) is 6.36. The van der Waals surface area contributed by atoms with Gasteiger partial charge >= 0.3 is 12.1 Å². The number of ether oxygens (including phenoxy) is 2. The lowest BCUT2D eigenvalue weighted by atomic mass is 9.98. The lowest BCUT2D eigenvalue weighted by molar-refractivity contribution is -0.156. The summed E-state index contributed by atoms with van der Waals surface area (Å²) >= 11 is 0. The highest BCUT2D eigenvalue weighted by molar-refractivity contribution is 5.86. The fourth-order valence-corrected chi connectivity index (χ4v) is 3.02. The maximum Gasteiger partial charge on any atom is 0.412 e. The smallest absolute Gasteiger partial charge is 0.412 e. The van der Waals surface area contributed by atoms with Gasteiger partial charge in [-0.2, -0.15) is 0 Å². The van der Waals surface area contributed by atoms with Crippen LogP contribution in [0.1, 0.15) is 38.3 Å². The Labute approximate surface area is 176 Å². The number of hydrogen-bond donors (Lipinski definition) is 2. The number of anilines is 1. The maximum atomic E-state index is 12.4. The van der Waals surface area contributed by atoms with Crippen LogP contribution in [0.15, 0.2) is 54.9 Å². The summed E-state index contributed by atoms with van der Waals surface area (Å²) in [7, 11) is 0. The molecule has 0 spiro atoms. The monoisotopic (exact) mass is 409 g/mol. The van der Waals surface area contributed by atoms with E-state index in [1.54, 1.807) is 12.4 Å². The van der Waals surface area contributed by atoms with Crippen LogP contribution >= 0.6 is 0 Å². The fraction of sp³-hybridized carbons (Fsp3) is 0.348. The van der Waals surface area contributed by atoms with Crippen LogP contribution in [0.4, 0.5) is 10.5 Å². The zero-order valence-corrected chi connectivity index (χ0v) is 17.5. The molecule has 0 saturated carbocycles. The van der Waals surface area contributed by atoms with Gasteiger partial charge in [0, 0.05) is 12.7 Å². The first-order chi connectivity index (χ1) is 14.3. The Bertz CT molecular complexity index is 920. The van der Waals surface area contributed by atoms with E-state index < -0.39 is 17.7 Å². The standard InChI is InChI=1S/C23H27N3O4/c1-23(2,3)30-21(27)20-12-17(9-10-25-20)18-11-19(14-24-13-18)26-22(28)29-15-16-7-5-4-6-8-16/h4-8,11-14,20,25H,9-10,15H2,1-3H3,(H,26,28)/t20-/m0/s1. The predicted octanol–water partition coefficient (Wildman–Crippen LogP) is 3.92. The normalized spacial score (nSPS) is 16.4. The SMILES string of the molecule is CC(C)(C)OC(=O)[C@@H]1C=C(c2cncc(NC(=O)OCc3ccccc3)c2)CCN1. The molecule has 7 nitrogen and oxygen atoms in total. The third-order valence-corrected chi connectivity index (χ3v) is 4.36. The van der Waals surface area contributed by atoms with E-state index in [4.69, 9.17) is 9.47 Å². The van der Waals surface area contributed by atoms with E-state index >= 15 is 0 Å². The quantitative estimate of drug-likeness (QED) is 0.728. The van der Waals surface area contributed by atoms with Gasteiger partial charge < -0.3 is 14.8 Å². The second kappa shape index (κ2) is 9.54. The van der Waals surface area contributed by atoms with E-state index in [2.05, 4.69) is 15.6 Å². The molecular weight excluding hydrogens is 382 g/mol. The average molecular weight is 409 g/mol. The van der Waals surface area contributed by atoms with Gasteiger partial charge in [-0.1, -0.05) is 36.4 Å². The third kappa shape index (κ3) is 6.42. The Balaban J connectivity index is 1.64. The molecule has 0 aliphatic carbocycles. The predicted molar refractivity (Wildman–Crippen MR) is 115 cm³/mol. The summed E-state index contributed by atoms with van der Waals surface area (Å²) in [5.74, 6) is -0.313. The van der Waals surface area contributed by atoms with Crippen LogP contribution < -0.4 is 10.6 Å². The first-order valence-electron chi connectivity index (χ1n) is 9.90. The highest BCUT2D eigenvalue weighted by Crippen LogP contribution is 2.24. The molecule has 30 heavy (non-hydrogen) atoms. The molecule has 2 heterocycles. The van der Waals surface area contributed by atoms with Crippen molar-refractivity contribution in [3.63, 3.8) is 0 Å². The summed E-state index contributed by atoms with van der Waals surface area (Å²) in [5.41, 5.74) is 2.70. The molecule has 3 rings (SSSR count). The molecule has 2 N–H and O–H groups in total. The van der Waals surface area contributed by atoms with E-state index in [1.165, 1.54) is 0 Å². The number of esters is 1. The second-order valence-electron chi connectivity index (χ2n) is 8.06. The lowest BCUT2D eigenvalue weighted by Gasteiger charge is -2.26. The second-order valence-corrected chi connectivity index (χ2v) is 8.06. The molecule has 0 radical (unpaired) electrons. The van der Waals surface area contributed by atoms with Crippen LogP contribution in [0.3, 0.4) is 0 Å². The van der Waals surface area contributed by atoms with Gasteiger partial charge in [-0.3, -0.25) is 10.3 Å². The molecule has 1 atom stereocenters. The Morgan fingerprint density at radius 1 is 1.20 bits per heavy atom. The topological polar surface area (TPSA) is 89.5 Å². The Morgan fingerprint density at radius 2 is 1.97 bits per heavy atom. The molecule has 2 aromatic rings. The highest BCUT2D eigenvalue weighted by Gasteiger charge is 2.26. The van der Waals surface area contributed by atoms with Crippen LogP contribution in [-0.4, -0.2) is 35.2 Å². The van der Waals surface area contributed by atoms with Crippen LogP contribution in [0.2, 0.25) is 0 Å². The van der Waals surface area contributed by atoms with Gasteiger partial charge in [0.2, 0.25) is 0 Å². The number of benzene rings is 1. The maximum absolute atomic E-state index is 12.4. The Hall–Kier alpha value is -3.19. The molecule has 0 fully saturated rings. The number of carbonyl (C=O) groups excluding carboxylic acids is 2. The minimum Gasteiger partial charge on any atom is -0.459 e. The number of pyridine rings is 1. The third-order valence-electron chi connectivity index (χ3n) is 4.36. The summed E-state index contributed by atoms with van der Waals surface area (Å²) in [4.78, 5) is 28.7. The molecule has 158 valence electrons. The largest absolute Gasteiger partial charge is 0.459 e. The average Bonchev–Trinajstić information content (AvgIpc) is 2.72. The number of rotatable bonds is 5. The van der Waals surface area contributed by atoms with Crippen LogP contribution in [0.5, 0.6) is 0 Å². The van der Waals surface area contributed by atoms with Crippen molar-refractivity contribution in [1.29, 1.82) is 0 Å². The molecular formula is C23H27N3O4.